The zero-order valence-corrected chi connectivity index (χ0v) is 12.2. The third-order valence-corrected chi connectivity index (χ3v) is 4.13. The molecule has 0 aromatic carbocycles. The maximum Gasteiger partial charge on any atom is 0.331 e. The van der Waals surface area contributed by atoms with Gasteiger partial charge in [-0.2, -0.15) is 0 Å². The molecule has 0 aliphatic carbocycles. The van der Waals surface area contributed by atoms with Crippen LogP contribution in [0.25, 0.3) is 6.08 Å². The zero-order chi connectivity index (χ0) is 14.5. The Balaban J connectivity index is 2.02. The molecular formula is C13H12N2O3S2. The van der Waals surface area contributed by atoms with Gasteiger partial charge in [-0.15, -0.1) is 22.7 Å². The van der Waals surface area contributed by atoms with Crippen LogP contribution in [0.15, 0.2) is 29.0 Å². The number of carbonyl (C=O) groups excluding carboxylic acids is 1. The summed E-state index contributed by atoms with van der Waals surface area (Å²) in [5, 5.41) is 16.1. The van der Waals surface area contributed by atoms with Gasteiger partial charge < -0.3 is 10.4 Å². The standard InChI is InChI=1S/C13H12N2O3S2/c1-8-14-9(7-20-8)4-5-11(16)15-12(13(17)18)10-3-2-6-19-10/h2-7,12H,1H3,(H,15,16)(H,17,18)/b5-4+. The summed E-state index contributed by atoms with van der Waals surface area (Å²) in [5.74, 6) is -1.55. The van der Waals surface area contributed by atoms with E-state index in [1.807, 2.05) is 12.3 Å². The molecule has 2 aromatic heterocycles. The average Bonchev–Trinajstić information content (AvgIpc) is 3.04. The highest BCUT2D eigenvalue weighted by Crippen LogP contribution is 2.19. The van der Waals surface area contributed by atoms with Crippen molar-refractivity contribution in [2.24, 2.45) is 0 Å². The Bertz CT molecular complexity index is 632. The number of rotatable bonds is 5. The number of thiazole rings is 1. The van der Waals surface area contributed by atoms with Gasteiger partial charge in [0, 0.05) is 16.3 Å². The molecule has 2 rings (SSSR count). The lowest BCUT2D eigenvalue weighted by atomic mass is 10.2. The summed E-state index contributed by atoms with van der Waals surface area (Å²) in [6, 6.07) is 2.40. The van der Waals surface area contributed by atoms with Crippen molar-refractivity contribution in [2.45, 2.75) is 13.0 Å². The number of thiophene rings is 1. The Kier molecular flexibility index (Phi) is 4.65. The Morgan fingerprint density at radius 1 is 1.45 bits per heavy atom. The average molecular weight is 308 g/mol. The summed E-state index contributed by atoms with van der Waals surface area (Å²) in [5.41, 5.74) is 0.686. The lowest BCUT2D eigenvalue weighted by Gasteiger charge is -2.10. The Labute approximate surface area is 123 Å². The number of aliphatic carboxylic acids is 1. The molecule has 2 heterocycles. The number of nitrogens with zero attached hydrogens (tertiary/aromatic N) is 1. The smallest absolute Gasteiger partial charge is 0.331 e. The Morgan fingerprint density at radius 2 is 2.25 bits per heavy atom. The van der Waals surface area contributed by atoms with Gasteiger partial charge in [0.2, 0.25) is 5.91 Å². The van der Waals surface area contributed by atoms with Gasteiger partial charge in [-0.3, -0.25) is 4.79 Å². The molecule has 2 N–H and O–H groups in total. The molecule has 0 fully saturated rings. The van der Waals surface area contributed by atoms with E-state index in [9.17, 15) is 9.59 Å². The number of hydrogen-bond donors (Lipinski definition) is 2. The quantitative estimate of drug-likeness (QED) is 0.832. The summed E-state index contributed by atoms with van der Waals surface area (Å²) in [6.45, 7) is 1.87. The second kappa shape index (κ2) is 6.44. The molecule has 0 saturated carbocycles. The molecule has 20 heavy (non-hydrogen) atoms. The third-order valence-electron chi connectivity index (χ3n) is 2.40. The first kappa shape index (κ1) is 14.4. The van der Waals surface area contributed by atoms with Crippen LogP contribution in [-0.2, 0) is 9.59 Å². The monoisotopic (exact) mass is 308 g/mol. The second-order valence-corrected chi connectivity index (χ2v) is 5.96. The predicted octanol–water partition coefficient (Wildman–Crippen LogP) is 2.47. The molecule has 0 radical (unpaired) electrons. The van der Waals surface area contributed by atoms with E-state index in [2.05, 4.69) is 10.3 Å². The van der Waals surface area contributed by atoms with Crippen LogP contribution in [0.3, 0.4) is 0 Å². The number of amides is 1. The van der Waals surface area contributed by atoms with E-state index in [0.29, 0.717) is 10.6 Å². The van der Waals surface area contributed by atoms with Gasteiger partial charge in [0.05, 0.1) is 10.7 Å². The second-order valence-electron chi connectivity index (χ2n) is 3.92. The Morgan fingerprint density at radius 3 is 2.80 bits per heavy atom. The third kappa shape index (κ3) is 3.75. The van der Waals surface area contributed by atoms with Crippen molar-refractivity contribution in [3.05, 3.63) is 44.5 Å². The molecule has 0 aliphatic rings. The van der Waals surface area contributed by atoms with Crippen LogP contribution in [0.2, 0.25) is 0 Å². The lowest BCUT2D eigenvalue weighted by Crippen LogP contribution is -2.31. The molecule has 1 amide bonds. The summed E-state index contributed by atoms with van der Waals surface area (Å²) >= 11 is 2.78. The minimum absolute atomic E-state index is 0.462. The van der Waals surface area contributed by atoms with Crippen molar-refractivity contribution in [1.82, 2.24) is 10.3 Å². The molecule has 1 atom stereocenters. The molecule has 5 nitrogen and oxygen atoms in total. The molecular weight excluding hydrogens is 296 g/mol. The topological polar surface area (TPSA) is 79.3 Å². The van der Waals surface area contributed by atoms with E-state index in [4.69, 9.17) is 5.11 Å². The normalized spacial score (nSPS) is 12.4. The Hall–Kier alpha value is -1.99. The zero-order valence-electron chi connectivity index (χ0n) is 10.6. The highest BCUT2D eigenvalue weighted by atomic mass is 32.1. The van der Waals surface area contributed by atoms with Crippen molar-refractivity contribution in [3.63, 3.8) is 0 Å². The summed E-state index contributed by atoms with van der Waals surface area (Å²) < 4.78 is 0. The number of carboxylic acid groups (broad SMARTS) is 1. The molecule has 7 heteroatoms. The first-order chi connectivity index (χ1) is 9.56. The molecule has 1 unspecified atom stereocenters. The van der Waals surface area contributed by atoms with Crippen LogP contribution in [0.4, 0.5) is 0 Å². The number of carboxylic acids is 1. The fourth-order valence-corrected chi connectivity index (χ4v) is 2.87. The minimum atomic E-state index is -1.08. The maximum atomic E-state index is 11.8. The van der Waals surface area contributed by atoms with E-state index in [1.165, 1.54) is 28.7 Å². The summed E-state index contributed by atoms with van der Waals surface area (Å²) in [7, 11) is 0. The van der Waals surface area contributed by atoms with Crippen molar-refractivity contribution < 1.29 is 14.7 Å². The van der Waals surface area contributed by atoms with Gasteiger partial charge in [-0.25, -0.2) is 9.78 Å². The first-order valence-electron chi connectivity index (χ1n) is 5.73. The largest absolute Gasteiger partial charge is 0.479 e. The van der Waals surface area contributed by atoms with Crippen LogP contribution < -0.4 is 5.32 Å². The molecule has 104 valence electrons. The van der Waals surface area contributed by atoms with E-state index in [-0.39, 0.29) is 0 Å². The fourth-order valence-electron chi connectivity index (χ4n) is 1.52. The van der Waals surface area contributed by atoms with E-state index < -0.39 is 17.9 Å². The number of carbonyl (C=O) groups is 2. The van der Waals surface area contributed by atoms with Crippen LogP contribution in [-0.4, -0.2) is 22.0 Å². The molecule has 0 saturated heterocycles. The minimum Gasteiger partial charge on any atom is -0.479 e. The van der Waals surface area contributed by atoms with Gasteiger partial charge in [0.15, 0.2) is 6.04 Å². The van der Waals surface area contributed by atoms with Gasteiger partial charge >= 0.3 is 5.97 Å². The highest BCUT2D eigenvalue weighted by molar-refractivity contribution is 7.10. The van der Waals surface area contributed by atoms with Gasteiger partial charge in [-0.05, 0) is 24.4 Å². The van der Waals surface area contributed by atoms with Crippen molar-refractivity contribution in [1.29, 1.82) is 0 Å². The van der Waals surface area contributed by atoms with Gasteiger partial charge in [0.25, 0.3) is 0 Å². The molecule has 0 bridgehead atoms. The van der Waals surface area contributed by atoms with Crippen molar-refractivity contribution >= 4 is 40.6 Å². The first-order valence-corrected chi connectivity index (χ1v) is 7.49. The predicted molar refractivity (Wildman–Crippen MR) is 78.7 cm³/mol. The maximum absolute atomic E-state index is 11.8. The summed E-state index contributed by atoms with van der Waals surface area (Å²) in [6.07, 6.45) is 2.85. The van der Waals surface area contributed by atoms with Crippen LogP contribution >= 0.6 is 22.7 Å². The lowest BCUT2D eigenvalue weighted by molar-refractivity contribution is -0.141. The van der Waals surface area contributed by atoms with Crippen LogP contribution in [0.5, 0.6) is 0 Å². The molecule has 0 spiro atoms. The van der Waals surface area contributed by atoms with Crippen molar-refractivity contribution in [2.75, 3.05) is 0 Å². The van der Waals surface area contributed by atoms with Crippen LogP contribution in [0, 0.1) is 6.92 Å². The number of aromatic nitrogens is 1. The SMILES string of the molecule is Cc1nc(/C=C/C(=O)NC(C(=O)O)c2cccs2)cs1. The fraction of sp³-hybridized carbons (Fsp3) is 0.154. The molecule has 2 aromatic rings. The van der Waals surface area contributed by atoms with E-state index in [1.54, 1.807) is 23.6 Å². The van der Waals surface area contributed by atoms with E-state index >= 15 is 0 Å². The van der Waals surface area contributed by atoms with Crippen molar-refractivity contribution in [3.8, 4) is 0 Å². The number of nitrogens with one attached hydrogen (secondary N) is 1. The van der Waals surface area contributed by atoms with Gasteiger partial charge in [-0.1, -0.05) is 6.07 Å². The van der Waals surface area contributed by atoms with E-state index in [0.717, 1.165) is 5.01 Å². The summed E-state index contributed by atoms with van der Waals surface area (Å²) in [4.78, 5) is 27.7. The highest BCUT2D eigenvalue weighted by Gasteiger charge is 2.21. The molecule has 0 aliphatic heterocycles. The van der Waals surface area contributed by atoms with Crippen LogP contribution in [0.1, 0.15) is 21.6 Å². The number of aryl methyl sites for hydroxylation is 1. The van der Waals surface area contributed by atoms with Gasteiger partial charge in [0.1, 0.15) is 0 Å². The number of hydrogen-bond acceptors (Lipinski definition) is 5.